The molecule has 0 aliphatic rings. The van der Waals surface area contributed by atoms with E-state index in [4.69, 9.17) is 24.3 Å². The van der Waals surface area contributed by atoms with Gasteiger partial charge in [0.25, 0.3) is 0 Å². The molecular weight excluding hydrogens is 753 g/mol. The molecule has 0 aromatic rings. The lowest BCUT2D eigenvalue weighted by atomic mass is 10.1. The van der Waals surface area contributed by atoms with Gasteiger partial charge in [0.05, 0.1) is 19.3 Å². The van der Waals surface area contributed by atoms with Gasteiger partial charge in [0.2, 0.25) is 0 Å². The number of allylic oxidation sites excluding steroid dienone is 17. The smallest absolute Gasteiger partial charge is 0.462 e. The van der Waals surface area contributed by atoms with E-state index in [1.165, 1.54) is 25.7 Å². The number of ether oxygens (including phenoxy) is 2. The summed E-state index contributed by atoms with van der Waals surface area (Å²) in [5.41, 5.74) is 5.33. The number of carbonyl (C=O) groups is 2. The van der Waals surface area contributed by atoms with Crippen LogP contribution in [0.3, 0.4) is 0 Å². The second kappa shape index (κ2) is 41.8. The van der Waals surface area contributed by atoms with Crippen molar-refractivity contribution >= 4 is 19.8 Å². The normalized spacial score (nSPS) is 14.9. The fourth-order valence-corrected chi connectivity index (χ4v) is 5.80. The van der Waals surface area contributed by atoms with Crippen LogP contribution in [0.25, 0.3) is 0 Å². The summed E-state index contributed by atoms with van der Waals surface area (Å²) in [5.74, 6) is -1.02. The van der Waals surface area contributed by atoms with Crippen molar-refractivity contribution in [3.8, 4) is 0 Å². The molecule has 0 heterocycles. The van der Waals surface area contributed by atoms with Crippen LogP contribution in [0.4, 0.5) is 0 Å². The number of hydrogen-bond acceptors (Lipinski definition) is 9. The van der Waals surface area contributed by atoms with Crippen molar-refractivity contribution in [3.63, 3.8) is 0 Å². The van der Waals surface area contributed by atoms with E-state index in [0.29, 0.717) is 25.7 Å². The van der Waals surface area contributed by atoms with E-state index in [9.17, 15) is 24.2 Å². The molecule has 0 amide bonds. The Balaban J connectivity index is 4.43. The van der Waals surface area contributed by atoms with Gasteiger partial charge in [0.15, 0.2) is 6.10 Å². The quantitative estimate of drug-likeness (QED) is 0.0237. The summed E-state index contributed by atoms with van der Waals surface area (Å²) in [5, 5.41) is 9.72. The molecule has 0 aliphatic carbocycles. The number of aliphatic hydroxyl groups excluding tert-OH is 1. The first kappa shape index (κ1) is 54.6. The number of rotatable bonds is 38. The maximum atomic E-state index is 12.6. The molecule has 0 rings (SSSR count). The maximum absolute atomic E-state index is 12.6. The van der Waals surface area contributed by atoms with Gasteiger partial charge < -0.3 is 25.2 Å². The minimum absolute atomic E-state index is 0.0228. The van der Waals surface area contributed by atoms with Gasteiger partial charge >= 0.3 is 19.8 Å². The topological polar surface area (TPSA) is 155 Å². The molecular formula is C47H76NO9P. The highest BCUT2D eigenvalue weighted by molar-refractivity contribution is 7.47. The van der Waals surface area contributed by atoms with Crippen LogP contribution >= 0.6 is 7.82 Å². The predicted octanol–water partition coefficient (Wildman–Crippen LogP) is 11.4. The molecule has 0 radical (unpaired) electrons. The third-order valence-corrected chi connectivity index (χ3v) is 9.18. The van der Waals surface area contributed by atoms with Crippen molar-refractivity contribution < 1.29 is 42.7 Å². The molecule has 4 N–H and O–H groups in total. The highest BCUT2D eigenvalue weighted by atomic mass is 31.2. The molecule has 0 fully saturated rings. The van der Waals surface area contributed by atoms with Crippen LogP contribution in [0.15, 0.2) is 109 Å². The summed E-state index contributed by atoms with van der Waals surface area (Å²) < 4.78 is 32.6. The fourth-order valence-electron chi connectivity index (χ4n) is 5.03. The molecule has 0 spiro atoms. The number of phosphoric acid groups is 1. The number of carbonyl (C=O) groups excluding carboxylic acids is 2. The third kappa shape index (κ3) is 40.8. The molecule has 0 aromatic carbocycles. The SMILES string of the molecule is CCCCC/C=C\C/C=C\C/C=C\C/C=C\C/C=C\CCC(=O)OC[C@H](COP(=O)(O)OCCN)OC(=O)CCC/C=C\C/C=C\C/C=C\C/C=C\CC(O)CCC. The Morgan fingerprint density at radius 2 is 1.07 bits per heavy atom. The van der Waals surface area contributed by atoms with Crippen LogP contribution in [0, 0.1) is 0 Å². The first-order valence-corrected chi connectivity index (χ1v) is 22.9. The zero-order chi connectivity index (χ0) is 42.6. The number of unbranched alkanes of at least 4 members (excludes halogenated alkanes) is 4. The summed E-state index contributed by atoms with van der Waals surface area (Å²) in [6.07, 6.45) is 52.0. The maximum Gasteiger partial charge on any atom is 0.472 e. The van der Waals surface area contributed by atoms with Gasteiger partial charge in [-0.1, -0.05) is 142 Å². The highest BCUT2D eigenvalue weighted by Gasteiger charge is 2.25. The van der Waals surface area contributed by atoms with E-state index in [1.807, 2.05) is 30.4 Å². The van der Waals surface area contributed by atoms with Crippen LogP contribution in [-0.4, -0.2) is 60.5 Å². The van der Waals surface area contributed by atoms with Crippen LogP contribution < -0.4 is 5.73 Å². The Kier molecular flexibility index (Phi) is 39.4. The number of aliphatic hydroxyl groups is 1. The molecule has 11 heteroatoms. The van der Waals surface area contributed by atoms with E-state index >= 15 is 0 Å². The molecule has 0 saturated carbocycles. The largest absolute Gasteiger partial charge is 0.472 e. The zero-order valence-corrected chi connectivity index (χ0v) is 36.5. The molecule has 3 atom stereocenters. The number of nitrogens with two attached hydrogens (primary N) is 1. The van der Waals surface area contributed by atoms with E-state index in [0.717, 1.165) is 57.8 Å². The third-order valence-electron chi connectivity index (χ3n) is 8.20. The van der Waals surface area contributed by atoms with Gasteiger partial charge in [-0.15, -0.1) is 0 Å². The van der Waals surface area contributed by atoms with E-state index in [2.05, 4.69) is 92.8 Å². The number of phosphoric ester groups is 1. The Hall–Kier alpha value is -3.37. The summed E-state index contributed by atoms with van der Waals surface area (Å²) in [6, 6.07) is 0. The highest BCUT2D eigenvalue weighted by Crippen LogP contribution is 2.43. The number of hydrogen-bond donors (Lipinski definition) is 3. The minimum atomic E-state index is -4.42. The Morgan fingerprint density at radius 3 is 1.57 bits per heavy atom. The molecule has 0 aliphatic heterocycles. The average molecular weight is 830 g/mol. The van der Waals surface area contributed by atoms with Gasteiger partial charge in [-0.2, -0.15) is 0 Å². The van der Waals surface area contributed by atoms with Crippen molar-refractivity contribution in [2.75, 3.05) is 26.4 Å². The average Bonchev–Trinajstić information content (AvgIpc) is 3.20. The Morgan fingerprint density at radius 1 is 0.586 bits per heavy atom. The van der Waals surface area contributed by atoms with E-state index < -0.39 is 32.5 Å². The Labute approximate surface area is 351 Å². The predicted molar refractivity (Wildman–Crippen MR) is 239 cm³/mol. The van der Waals surface area contributed by atoms with Gasteiger partial charge in [-0.25, -0.2) is 4.57 Å². The number of esters is 2. The van der Waals surface area contributed by atoms with E-state index in [-0.39, 0.29) is 38.7 Å². The van der Waals surface area contributed by atoms with Crippen molar-refractivity contribution in [1.29, 1.82) is 0 Å². The molecule has 58 heavy (non-hydrogen) atoms. The molecule has 0 aromatic heterocycles. The summed E-state index contributed by atoms with van der Waals surface area (Å²) in [4.78, 5) is 34.8. The zero-order valence-electron chi connectivity index (χ0n) is 35.6. The van der Waals surface area contributed by atoms with Gasteiger partial charge in [0.1, 0.15) is 6.61 Å². The van der Waals surface area contributed by atoms with Crippen molar-refractivity contribution in [1.82, 2.24) is 0 Å². The van der Waals surface area contributed by atoms with Gasteiger partial charge in [0, 0.05) is 19.4 Å². The van der Waals surface area contributed by atoms with Gasteiger partial charge in [-0.3, -0.25) is 18.6 Å². The molecule has 0 saturated heterocycles. The standard InChI is InChI=1S/C47H76NO9P/c1-3-5-6-7-8-9-10-11-12-13-14-15-16-19-22-25-28-31-34-38-46(50)54-42-45(43-56-58(52,53)55-41-40-48)57-47(51)39-35-32-29-26-23-20-17-18-21-24-27-30-33-37-44(49)36-4-2/h8-9,11-12,14-15,17,19-22,24,26,28-31,33,44-45,49H,3-7,10,13,16,18,23,25,27,32,34-43,48H2,1-2H3,(H,52,53)/b9-8-,12-11-,15-14-,20-17-,22-19-,24-21-,29-26-,31-28-,33-30-/t44?,45-/m1/s1. The first-order chi connectivity index (χ1) is 28.2. The lowest BCUT2D eigenvalue weighted by molar-refractivity contribution is -0.161. The first-order valence-electron chi connectivity index (χ1n) is 21.4. The second-order valence-electron chi connectivity index (χ2n) is 13.7. The monoisotopic (exact) mass is 830 g/mol. The van der Waals surface area contributed by atoms with Crippen molar-refractivity contribution in [2.24, 2.45) is 5.73 Å². The van der Waals surface area contributed by atoms with E-state index in [1.54, 1.807) is 0 Å². The second-order valence-corrected chi connectivity index (χ2v) is 15.1. The van der Waals surface area contributed by atoms with Crippen LogP contribution in [0.2, 0.25) is 0 Å². The van der Waals surface area contributed by atoms with Crippen molar-refractivity contribution in [3.05, 3.63) is 109 Å². The lowest BCUT2D eigenvalue weighted by Gasteiger charge is -2.19. The minimum Gasteiger partial charge on any atom is -0.462 e. The molecule has 328 valence electrons. The summed E-state index contributed by atoms with van der Waals surface area (Å²) in [6.45, 7) is 3.31. The van der Waals surface area contributed by atoms with Crippen LogP contribution in [0.5, 0.6) is 0 Å². The molecule has 10 nitrogen and oxygen atoms in total. The van der Waals surface area contributed by atoms with Crippen molar-refractivity contribution in [2.45, 2.75) is 148 Å². The van der Waals surface area contributed by atoms with Gasteiger partial charge in [-0.05, 0) is 89.9 Å². The summed E-state index contributed by atoms with van der Waals surface area (Å²) in [7, 11) is -4.42. The van der Waals surface area contributed by atoms with Crippen LogP contribution in [0.1, 0.15) is 136 Å². The summed E-state index contributed by atoms with van der Waals surface area (Å²) >= 11 is 0. The fraction of sp³-hybridized carbons (Fsp3) is 0.574. The van der Waals surface area contributed by atoms with Crippen LogP contribution in [-0.2, 0) is 32.7 Å². The Bertz CT molecular complexity index is 1330. The lowest BCUT2D eigenvalue weighted by Crippen LogP contribution is -2.29. The molecule has 0 bridgehead atoms. The molecule has 2 unspecified atom stereocenters.